The van der Waals surface area contributed by atoms with Gasteiger partial charge in [-0.15, -0.1) is 0 Å². The van der Waals surface area contributed by atoms with Crippen LogP contribution in [0.4, 0.5) is 0 Å². The minimum atomic E-state index is -2.09. The van der Waals surface area contributed by atoms with E-state index in [1.54, 1.807) is 19.3 Å². The van der Waals surface area contributed by atoms with Gasteiger partial charge < -0.3 is 8.83 Å². The van der Waals surface area contributed by atoms with E-state index in [1.807, 2.05) is 42.8 Å². The van der Waals surface area contributed by atoms with E-state index in [1.165, 1.54) is 0 Å². The van der Waals surface area contributed by atoms with Crippen LogP contribution in [0, 0.1) is 6.92 Å². The monoisotopic (exact) mass is 360 g/mol. The summed E-state index contributed by atoms with van der Waals surface area (Å²) >= 11 is 0. The van der Waals surface area contributed by atoms with Crippen molar-refractivity contribution in [1.29, 1.82) is 0 Å². The smallest absolute Gasteiger partial charge is 0.299 e. The second kappa shape index (κ2) is 5.68. The van der Waals surface area contributed by atoms with E-state index in [0.717, 1.165) is 44.1 Å². The molecule has 0 aliphatic carbocycles. The van der Waals surface area contributed by atoms with Crippen LogP contribution in [0.25, 0.3) is 44.4 Å². The molecule has 0 spiro atoms. The minimum absolute atomic E-state index is 0.501. The standard InChI is InChI=1S/C23H21N2O2/c1-13(2)17-12-25(4)18(11-24-17)20-14(3)9-10-16-21-15-7-5-6-8-19(15)26-23(21)27-22(16)20/h5-13H,1-4H3/q+1/i1D3. The van der Waals surface area contributed by atoms with Crippen LogP contribution in [-0.2, 0) is 7.05 Å². The molecule has 1 unspecified atom stereocenters. The summed E-state index contributed by atoms with van der Waals surface area (Å²) in [5, 5.41) is 2.96. The van der Waals surface area contributed by atoms with Gasteiger partial charge in [0, 0.05) is 20.8 Å². The van der Waals surface area contributed by atoms with Crippen LogP contribution in [0.1, 0.15) is 35.1 Å². The molecule has 4 nitrogen and oxygen atoms in total. The van der Waals surface area contributed by atoms with Gasteiger partial charge in [-0.3, -0.25) is 0 Å². The van der Waals surface area contributed by atoms with Crippen LogP contribution in [0.15, 0.2) is 57.6 Å². The minimum Gasteiger partial charge on any atom is -0.425 e. The van der Waals surface area contributed by atoms with Crippen molar-refractivity contribution >= 4 is 33.1 Å². The molecular formula is C23H21N2O2+. The second-order valence-electron chi connectivity index (χ2n) is 7.03. The van der Waals surface area contributed by atoms with E-state index >= 15 is 0 Å². The average Bonchev–Trinajstić information content (AvgIpc) is 3.23. The first-order chi connectivity index (χ1) is 14.3. The molecule has 0 aliphatic rings. The molecule has 0 saturated carbocycles. The molecule has 0 fully saturated rings. The van der Waals surface area contributed by atoms with Crippen LogP contribution in [0.2, 0.25) is 0 Å². The molecule has 5 aromatic rings. The number of furan rings is 2. The zero-order valence-electron chi connectivity index (χ0n) is 18.4. The van der Waals surface area contributed by atoms with Crippen molar-refractivity contribution in [3.05, 3.63) is 60.0 Å². The van der Waals surface area contributed by atoms with Gasteiger partial charge in [0.1, 0.15) is 18.3 Å². The van der Waals surface area contributed by atoms with Gasteiger partial charge in [-0.1, -0.05) is 44.1 Å². The molecule has 3 heterocycles. The molecule has 1 atom stereocenters. The number of aryl methyl sites for hydroxylation is 2. The molecule has 0 aliphatic heterocycles. The van der Waals surface area contributed by atoms with E-state index in [2.05, 4.69) is 17.1 Å². The SMILES string of the molecule is [2H]C([2H])([2H])C(C)c1c[n+](C)c(-c2c(C)ccc3c2oc2oc4ccccc4c23)cn1. The molecular weight excluding hydrogens is 336 g/mol. The summed E-state index contributed by atoms with van der Waals surface area (Å²) in [6, 6.07) is 12.0. The maximum atomic E-state index is 7.67. The van der Waals surface area contributed by atoms with Crippen LogP contribution >= 0.6 is 0 Å². The van der Waals surface area contributed by atoms with Crippen molar-refractivity contribution in [3.8, 4) is 11.3 Å². The van der Waals surface area contributed by atoms with Gasteiger partial charge in [0.05, 0.1) is 17.1 Å². The van der Waals surface area contributed by atoms with E-state index < -0.39 is 12.8 Å². The summed E-state index contributed by atoms with van der Waals surface area (Å²) in [7, 11) is 1.90. The lowest BCUT2D eigenvalue weighted by Crippen LogP contribution is -2.32. The Kier molecular flexibility index (Phi) is 2.75. The number of hydrogen-bond donors (Lipinski definition) is 0. The summed E-state index contributed by atoms with van der Waals surface area (Å²) < 4.78 is 37.1. The lowest BCUT2D eigenvalue weighted by Gasteiger charge is -2.07. The number of hydrogen-bond acceptors (Lipinski definition) is 3. The lowest BCUT2D eigenvalue weighted by molar-refractivity contribution is -0.661. The van der Waals surface area contributed by atoms with Crippen LogP contribution < -0.4 is 4.57 Å². The molecule has 0 N–H and O–H groups in total. The van der Waals surface area contributed by atoms with E-state index in [9.17, 15) is 0 Å². The summed E-state index contributed by atoms with van der Waals surface area (Å²) in [5.74, 6) is -0.145. The predicted octanol–water partition coefficient (Wildman–Crippen LogP) is 5.65. The third-order valence-corrected chi connectivity index (χ3v) is 5.13. The molecule has 5 rings (SSSR count). The topological polar surface area (TPSA) is 43.0 Å². The Hall–Kier alpha value is -3.14. The number of nitrogens with zero attached hydrogens (tertiary/aromatic N) is 2. The molecule has 3 aromatic heterocycles. The van der Waals surface area contributed by atoms with Crippen LogP contribution in [0.5, 0.6) is 0 Å². The zero-order valence-corrected chi connectivity index (χ0v) is 15.4. The fourth-order valence-electron chi connectivity index (χ4n) is 3.74. The highest BCUT2D eigenvalue weighted by molar-refractivity contribution is 6.19. The summed E-state index contributed by atoms with van der Waals surface area (Å²) in [6.45, 7) is 1.60. The van der Waals surface area contributed by atoms with Crippen molar-refractivity contribution in [2.24, 2.45) is 7.05 Å². The van der Waals surface area contributed by atoms with Gasteiger partial charge in [0.15, 0.2) is 11.8 Å². The summed E-state index contributed by atoms with van der Waals surface area (Å²) in [4.78, 5) is 4.48. The third kappa shape index (κ3) is 2.29. The first kappa shape index (κ1) is 13.1. The normalized spacial score (nSPS) is 15.1. The van der Waals surface area contributed by atoms with Crippen molar-refractivity contribution in [2.75, 3.05) is 0 Å². The molecule has 2 aromatic carbocycles. The molecule has 27 heavy (non-hydrogen) atoms. The molecule has 0 saturated heterocycles. The predicted molar refractivity (Wildman–Crippen MR) is 107 cm³/mol. The van der Waals surface area contributed by atoms with Crippen LogP contribution in [-0.4, -0.2) is 4.98 Å². The maximum absolute atomic E-state index is 7.67. The Morgan fingerprint density at radius 3 is 2.78 bits per heavy atom. The zero-order chi connectivity index (χ0) is 21.2. The number of aromatic nitrogens is 2. The van der Waals surface area contributed by atoms with Crippen LogP contribution in [0.3, 0.4) is 0 Å². The van der Waals surface area contributed by atoms with Crippen molar-refractivity contribution in [3.63, 3.8) is 0 Å². The average molecular weight is 360 g/mol. The highest BCUT2D eigenvalue weighted by Gasteiger charge is 2.24. The number of benzene rings is 2. The highest BCUT2D eigenvalue weighted by Crippen LogP contribution is 2.41. The Balaban J connectivity index is 1.75. The van der Waals surface area contributed by atoms with Gasteiger partial charge in [-0.2, -0.15) is 4.57 Å². The number of para-hydroxylation sites is 1. The number of fused-ring (bicyclic) bond motifs is 5. The summed E-state index contributed by atoms with van der Waals surface area (Å²) in [5.41, 5.74) is 4.88. The van der Waals surface area contributed by atoms with Gasteiger partial charge >= 0.3 is 0 Å². The summed E-state index contributed by atoms with van der Waals surface area (Å²) in [6.07, 6.45) is 3.51. The van der Waals surface area contributed by atoms with Crippen molar-refractivity contribution in [1.82, 2.24) is 4.98 Å². The van der Waals surface area contributed by atoms with Gasteiger partial charge in [0.25, 0.3) is 5.78 Å². The first-order valence-electron chi connectivity index (χ1n) is 10.4. The van der Waals surface area contributed by atoms with E-state index in [4.69, 9.17) is 12.9 Å². The largest absolute Gasteiger partial charge is 0.425 e. The Morgan fingerprint density at radius 1 is 1.11 bits per heavy atom. The van der Waals surface area contributed by atoms with Gasteiger partial charge in [-0.25, -0.2) is 4.98 Å². The lowest BCUT2D eigenvalue weighted by atomic mass is 10.0. The maximum Gasteiger partial charge on any atom is 0.299 e. The fourth-order valence-corrected chi connectivity index (χ4v) is 3.74. The molecule has 0 bridgehead atoms. The Bertz CT molecular complexity index is 1430. The highest BCUT2D eigenvalue weighted by atomic mass is 16.5. The van der Waals surface area contributed by atoms with Gasteiger partial charge in [0.2, 0.25) is 5.69 Å². The second-order valence-corrected chi connectivity index (χ2v) is 7.03. The van der Waals surface area contributed by atoms with E-state index in [0.29, 0.717) is 11.5 Å². The Labute approximate surface area is 161 Å². The quantitative estimate of drug-likeness (QED) is 0.382. The Morgan fingerprint density at radius 2 is 1.96 bits per heavy atom. The number of rotatable bonds is 2. The molecule has 0 amide bonds. The van der Waals surface area contributed by atoms with Crippen molar-refractivity contribution < 1.29 is 17.5 Å². The fraction of sp³-hybridized carbons (Fsp3) is 0.217. The molecule has 0 radical (unpaired) electrons. The molecule has 4 heteroatoms. The first-order valence-corrected chi connectivity index (χ1v) is 8.95. The molecule has 134 valence electrons. The van der Waals surface area contributed by atoms with Crippen molar-refractivity contribution in [2.45, 2.75) is 26.6 Å². The third-order valence-electron chi connectivity index (χ3n) is 5.13. The van der Waals surface area contributed by atoms with E-state index in [-0.39, 0.29) is 0 Å². The van der Waals surface area contributed by atoms with Gasteiger partial charge in [-0.05, 0) is 18.6 Å².